The molecule has 2 heterocycles. The SMILES string of the molecule is COc1ccc(CCN2C(=O)c3oc4ccc(F)cc4c(=O)c3[C@H]2c2ccccc2F)cc1. The van der Waals surface area contributed by atoms with Gasteiger partial charge in [0.25, 0.3) is 5.91 Å². The van der Waals surface area contributed by atoms with E-state index in [0.29, 0.717) is 12.2 Å². The zero-order valence-electron chi connectivity index (χ0n) is 17.7. The van der Waals surface area contributed by atoms with Crippen LogP contribution in [0.2, 0.25) is 0 Å². The molecule has 1 amide bonds. The molecule has 0 fully saturated rings. The van der Waals surface area contributed by atoms with Crippen LogP contribution in [0.3, 0.4) is 0 Å². The standard InChI is InChI=1S/C26H19F2NO4/c1-32-17-9-6-15(7-10-17)12-13-29-23(18-4-2-3-5-20(18)28)22-24(30)19-14-16(27)8-11-21(19)33-25(22)26(29)31/h2-11,14,23H,12-13H2,1H3/t23-/m1/s1. The van der Waals surface area contributed by atoms with Crippen LogP contribution in [0.4, 0.5) is 8.78 Å². The van der Waals surface area contributed by atoms with Crippen molar-refractivity contribution in [3.63, 3.8) is 0 Å². The Balaban J connectivity index is 1.62. The molecule has 166 valence electrons. The maximum Gasteiger partial charge on any atom is 0.290 e. The summed E-state index contributed by atoms with van der Waals surface area (Å²) >= 11 is 0. The van der Waals surface area contributed by atoms with E-state index in [4.69, 9.17) is 9.15 Å². The smallest absolute Gasteiger partial charge is 0.290 e. The Morgan fingerprint density at radius 3 is 2.48 bits per heavy atom. The third-order valence-corrected chi connectivity index (χ3v) is 5.93. The van der Waals surface area contributed by atoms with E-state index >= 15 is 0 Å². The van der Waals surface area contributed by atoms with Gasteiger partial charge < -0.3 is 14.1 Å². The monoisotopic (exact) mass is 447 g/mol. The van der Waals surface area contributed by atoms with E-state index in [1.807, 2.05) is 24.3 Å². The first kappa shape index (κ1) is 20.9. The summed E-state index contributed by atoms with van der Waals surface area (Å²) in [6, 6.07) is 16.0. The highest BCUT2D eigenvalue weighted by atomic mass is 19.1. The first-order valence-electron chi connectivity index (χ1n) is 10.4. The van der Waals surface area contributed by atoms with E-state index in [1.165, 1.54) is 29.2 Å². The molecule has 1 aliphatic rings. The molecule has 0 unspecified atom stereocenters. The van der Waals surface area contributed by atoms with Gasteiger partial charge in [-0.25, -0.2) is 8.78 Å². The average molecular weight is 447 g/mol. The second-order valence-electron chi connectivity index (χ2n) is 7.84. The Morgan fingerprint density at radius 2 is 1.76 bits per heavy atom. The molecule has 5 rings (SSSR count). The summed E-state index contributed by atoms with van der Waals surface area (Å²) in [5.74, 6) is -1.08. The van der Waals surface area contributed by atoms with Gasteiger partial charge >= 0.3 is 0 Å². The molecule has 5 nitrogen and oxygen atoms in total. The van der Waals surface area contributed by atoms with Crippen molar-refractivity contribution < 1.29 is 22.7 Å². The first-order chi connectivity index (χ1) is 16.0. The van der Waals surface area contributed by atoms with Crippen LogP contribution in [0.5, 0.6) is 5.75 Å². The van der Waals surface area contributed by atoms with Crippen LogP contribution in [0, 0.1) is 11.6 Å². The van der Waals surface area contributed by atoms with Crippen molar-refractivity contribution in [3.05, 3.63) is 111 Å². The number of hydrogen-bond acceptors (Lipinski definition) is 4. The molecular formula is C26H19F2NO4. The summed E-state index contributed by atoms with van der Waals surface area (Å²) in [4.78, 5) is 28.2. The summed E-state index contributed by atoms with van der Waals surface area (Å²) in [7, 11) is 1.58. The summed E-state index contributed by atoms with van der Waals surface area (Å²) in [5.41, 5.74) is 0.718. The van der Waals surface area contributed by atoms with Crippen molar-refractivity contribution in [2.24, 2.45) is 0 Å². The highest BCUT2D eigenvalue weighted by Crippen LogP contribution is 2.39. The molecule has 0 N–H and O–H groups in total. The lowest BCUT2D eigenvalue weighted by atomic mass is 9.97. The fraction of sp³-hybridized carbons (Fsp3) is 0.154. The molecule has 1 aliphatic heterocycles. The van der Waals surface area contributed by atoms with Crippen molar-refractivity contribution >= 4 is 16.9 Å². The van der Waals surface area contributed by atoms with Gasteiger partial charge in [0.2, 0.25) is 5.76 Å². The van der Waals surface area contributed by atoms with Gasteiger partial charge in [0.1, 0.15) is 23.0 Å². The first-order valence-corrected chi connectivity index (χ1v) is 10.4. The lowest BCUT2D eigenvalue weighted by molar-refractivity contribution is 0.0728. The Labute approximate surface area is 187 Å². The number of amides is 1. The maximum atomic E-state index is 14.8. The van der Waals surface area contributed by atoms with E-state index in [9.17, 15) is 18.4 Å². The predicted octanol–water partition coefficient (Wildman–Crippen LogP) is 4.87. The molecule has 0 radical (unpaired) electrons. The number of methoxy groups -OCH3 is 1. The Hall–Kier alpha value is -4.00. The molecule has 0 saturated heterocycles. The summed E-state index contributed by atoms with van der Waals surface area (Å²) in [5, 5.41) is 0.0138. The van der Waals surface area contributed by atoms with Crippen molar-refractivity contribution in [1.29, 1.82) is 0 Å². The fourth-order valence-corrected chi connectivity index (χ4v) is 4.29. The number of rotatable bonds is 5. The van der Waals surface area contributed by atoms with Crippen LogP contribution in [0.25, 0.3) is 11.0 Å². The highest BCUT2D eigenvalue weighted by molar-refractivity contribution is 5.99. The molecule has 7 heteroatoms. The van der Waals surface area contributed by atoms with Gasteiger partial charge in [-0.15, -0.1) is 0 Å². The molecule has 33 heavy (non-hydrogen) atoms. The zero-order chi connectivity index (χ0) is 23.1. The van der Waals surface area contributed by atoms with Gasteiger partial charge in [-0.1, -0.05) is 30.3 Å². The second kappa shape index (κ2) is 8.16. The van der Waals surface area contributed by atoms with E-state index in [1.54, 1.807) is 13.2 Å². The minimum Gasteiger partial charge on any atom is -0.497 e. The molecule has 3 aromatic carbocycles. The Bertz CT molecular complexity index is 1430. The van der Waals surface area contributed by atoms with Gasteiger partial charge in [-0.05, 0) is 48.4 Å². The second-order valence-corrected chi connectivity index (χ2v) is 7.84. The molecule has 0 saturated carbocycles. The molecule has 0 aliphatic carbocycles. The third kappa shape index (κ3) is 3.55. The number of benzene rings is 3. The van der Waals surface area contributed by atoms with Crippen molar-refractivity contribution in [2.45, 2.75) is 12.5 Å². The lowest BCUT2D eigenvalue weighted by Gasteiger charge is -2.25. The van der Waals surface area contributed by atoms with Gasteiger partial charge in [0.15, 0.2) is 5.43 Å². The van der Waals surface area contributed by atoms with E-state index < -0.39 is 29.0 Å². The van der Waals surface area contributed by atoms with Gasteiger partial charge in [-0.2, -0.15) is 0 Å². The number of nitrogens with zero attached hydrogens (tertiary/aromatic N) is 1. The Kier molecular flexibility index (Phi) is 5.17. The van der Waals surface area contributed by atoms with Crippen LogP contribution in [0.15, 0.2) is 75.9 Å². The summed E-state index contributed by atoms with van der Waals surface area (Å²) in [6.45, 7) is 0.221. The number of hydrogen-bond donors (Lipinski definition) is 0. The van der Waals surface area contributed by atoms with E-state index in [2.05, 4.69) is 0 Å². The lowest BCUT2D eigenvalue weighted by Crippen LogP contribution is -2.32. The van der Waals surface area contributed by atoms with E-state index in [-0.39, 0.29) is 34.4 Å². The van der Waals surface area contributed by atoms with Crippen molar-refractivity contribution in [3.8, 4) is 5.75 Å². The summed E-state index contributed by atoms with van der Waals surface area (Å²) < 4.78 is 39.6. The quantitative estimate of drug-likeness (QED) is 0.438. The number of fused-ring (bicyclic) bond motifs is 2. The maximum absolute atomic E-state index is 14.8. The minimum atomic E-state index is -0.976. The molecule has 1 aromatic heterocycles. The molecule has 1 atom stereocenters. The highest BCUT2D eigenvalue weighted by Gasteiger charge is 2.43. The molecule has 0 bridgehead atoms. The largest absolute Gasteiger partial charge is 0.497 e. The molecule has 0 spiro atoms. The van der Waals surface area contributed by atoms with Crippen molar-refractivity contribution in [2.75, 3.05) is 13.7 Å². The number of carbonyl (C=O) groups excluding carboxylic acids is 1. The molecular weight excluding hydrogens is 428 g/mol. The summed E-state index contributed by atoms with van der Waals surface area (Å²) in [6.07, 6.45) is 0.469. The van der Waals surface area contributed by atoms with Gasteiger partial charge in [0, 0.05) is 12.1 Å². The van der Waals surface area contributed by atoms with Crippen LogP contribution in [0.1, 0.15) is 33.3 Å². The Morgan fingerprint density at radius 1 is 1.00 bits per heavy atom. The topological polar surface area (TPSA) is 59.8 Å². The normalized spacial score (nSPS) is 15.2. The van der Waals surface area contributed by atoms with Gasteiger partial charge in [0.05, 0.1) is 24.1 Å². The number of ether oxygens (including phenoxy) is 1. The van der Waals surface area contributed by atoms with E-state index in [0.717, 1.165) is 17.7 Å². The molecule has 4 aromatic rings. The van der Waals surface area contributed by atoms with Crippen LogP contribution >= 0.6 is 0 Å². The van der Waals surface area contributed by atoms with Gasteiger partial charge in [-0.3, -0.25) is 9.59 Å². The third-order valence-electron chi connectivity index (χ3n) is 5.93. The van der Waals surface area contributed by atoms with Crippen LogP contribution in [-0.2, 0) is 6.42 Å². The number of carbonyl (C=O) groups is 1. The minimum absolute atomic E-state index is 0.0138. The number of halogens is 2. The predicted molar refractivity (Wildman–Crippen MR) is 118 cm³/mol. The van der Waals surface area contributed by atoms with Crippen LogP contribution in [-0.4, -0.2) is 24.5 Å². The fourth-order valence-electron chi connectivity index (χ4n) is 4.29. The average Bonchev–Trinajstić information content (AvgIpc) is 3.10. The zero-order valence-corrected chi connectivity index (χ0v) is 17.7. The van der Waals surface area contributed by atoms with Crippen molar-refractivity contribution in [1.82, 2.24) is 4.90 Å². The van der Waals surface area contributed by atoms with Crippen LogP contribution < -0.4 is 10.2 Å².